The van der Waals surface area contributed by atoms with Gasteiger partial charge in [0.05, 0.1) is 6.07 Å². The zero-order chi connectivity index (χ0) is 8.53. The molecular formula is C9H18N2. The van der Waals surface area contributed by atoms with Crippen LogP contribution < -0.4 is 5.32 Å². The van der Waals surface area contributed by atoms with Gasteiger partial charge in [0.1, 0.15) is 0 Å². The molecule has 1 atom stereocenters. The van der Waals surface area contributed by atoms with E-state index in [1.165, 1.54) is 6.42 Å². The SMILES string of the molecule is CCC(C)CNCCCC#N. The van der Waals surface area contributed by atoms with Gasteiger partial charge in [-0.15, -0.1) is 0 Å². The van der Waals surface area contributed by atoms with Crippen LogP contribution in [0, 0.1) is 17.2 Å². The average molecular weight is 154 g/mol. The predicted octanol–water partition coefficient (Wildman–Crippen LogP) is 1.93. The second kappa shape index (κ2) is 7.56. The summed E-state index contributed by atoms with van der Waals surface area (Å²) in [6, 6.07) is 2.13. The Morgan fingerprint density at radius 1 is 1.55 bits per heavy atom. The lowest BCUT2D eigenvalue weighted by molar-refractivity contribution is 0.497. The standard InChI is InChI=1S/C9H18N2/c1-3-9(2)8-11-7-5-4-6-10/h9,11H,3-5,7-8H2,1-2H3. The summed E-state index contributed by atoms with van der Waals surface area (Å²) in [4.78, 5) is 0. The molecule has 0 heterocycles. The molecule has 0 saturated heterocycles. The number of rotatable bonds is 6. The van der Waals surface area contributed by atoms with Gasteiger partial charge < -0.3 is 5.32 Å². The van der Waals surface area contributed by atoms with Crippen molar-refractivity contribution in [3.8, 4) is 6.07 Å². The van der Waals surface area contributed by atoms with Crippen LogP contribution in [0.1, 0.15) is 33.1 Å². The molecule has 0 aromatic heterocycles. The van der Waals surface area contributed by atoms with Crippen LogP contribution in [0.15, 0.2) is 0 Å². The lowest BCUT2D eigenvalue weighted by atomic mass is 10.1. The quantitative estimate of drug-likeness (QED) is 0.593. The summed E-state index contributed by atoms with van der Waals surface area (Å²) >= 11 is 0. The minimum Gasteiger partial charge on any atom is -0.316 e. The highest BCUT2D eigenvalue weighted by Gasteiger charge is 1.95. The fourth-order valence-corrected chi connectivity index (χ4v) is 0.785. The molecule has 0 saturated carbocycles. The van der Waals surface area contributed by atoms with Crippen molar-refractivity contribution < 1.29 is 0 Å². The van der Waals surface area contributed by atoms with Gasteiger partial charge in [0.25, 0.3) is 0 Å². The van der Waals surface area contributed by atoms with E-state index in [2.05, 4.69) is 25.2 Å². The Hall–Kier alpha value is -0.550. The lowest BCUT2D eigenvalue weighted by Gasteiger charge is -2.08. The van der Waals surface area contributed by atoms with E-state index in [0.717, 1.165) is 25.4 Å². The summed E-state index contributed by atoms with van der Waals surface area (Å²) in [6.45, 7) is 6.50. The Morgan fingerprint density at radius 3 is 2.82 bits per heavy atom. The smallest absolute Gasteiger partial charge is 0.0622 e. The molecule has 0 aliphatic rings. The van der Waals surface area contributed by atoms with Crippen molar-refractivity contribution in [2.24, 2.45) is 5.92 Å². The van der Waals surface area contributed by atoms with Crippen molar-refractivity contribution >= 4 is 0 Å². The van der Waals surface area contributed by atoms with Gasteiger partial charge >= 0.3 is 0 Å². The lowest BCUT2D eigenvalue weighted by Crippen LogP contribution is -2.21. The maximum absolute atomic E-state index is 8.24. The van der Waals surface area contributed by atoms with Gasteiger partial charge in [0.15, 0.2) is 0 Å². The zero-order valence-corrected chi connectivity index (χ0v) is 7.56. The van der Waals surface area contributed by atoms with Crippen LogP contribution in [-0.4, -0.2) is 13.1 Å². The summed E-state index contributed by atoms with van der Waals surface area (Å²) < 4.78 is 0. The molecule has 0 aromatic rings. The van der Waals surface area contributed by atoms with E-state index in [0.29, 0.717) is 6.42 Å². The van der Waals surface area contributed by atoms with Crippen LogP contribution in [0.2, 0.25) is 0 Å². The maximum atomic E-state index is 8.24. The Morgan fingerprint density at radius 2 is 2.27 bits per heavy atom. The summed E-state index contributed by atoms with van der Waals surface area (Å²) in [5.74, 6) is 0.761. The average Bonchev–Trinajstić information content (AvgIpc) is 2.04. The van der Waals surface area contributed by atoms with Gasteiger partial charge in [-0.3, -0.25) is 0 Å². The van der Waals surface area contributed by atoms with E-state index >= 15 is 0 Å². The van der Waals surface area contributed by atoms with Crippen molar-refractivity contribution in [3.63, 3.8) is 0 Å². The molecule has 0 amide bonds. The van der Waals surface area contributed by atoms with Crippen LogP contribution in [0.5, 0.6) is 0 Å². The van der Waals surface area contributed by atoms with Gasteiger partial charge in [0.2, 0.25) is 0 Å². The van der Waals surface area contributed by atoms with Gasteiger partial charge in [-0.05, 0) is 25.4 Å². The molecule has 0 aromatic carbocycles. The summed E-state index contributed by atoms with van der Waals surface area (Å²) in [5, 5.41) is 11.6. The molecular weight excluding hydrogens is 136 g/mol. The molecule has 1 N–H and O–H groups in total. The van der Waals surface area contributed by atoms with Crippen LogP contribution in [0.4, 0.5) is 0 Å². The van der Waals surface area contributed by atoms with E-state index in [9.17, 15) is 0 Å². The highest BCUT2D eigenvalue weighted by Crippen LogP contribution is 1.96. The first-order valence-electron chi connectivity index (χ1n) is 4.39. The molecule has 0 bridgehead atoms. The third-order valence-electron chi connectivity index (χ3n) is 1.83. The van der Waals surface area contributed by atoms with Crippen molar-refractivity contribution in [1.82, 2.24) is 5.32 Å². The topological polar surface area (TPSA) is 35.8 Å². The Labute approximate surface area is 69.6 Å². The molecule has 2 heteroatoms. The fourth-order valence-electron chi connectivity index (χ4n) is 0.785. The Kier molecular flexibility index (Phi) is 7.18. The Balaban J connectivity index is 2.97. The third kappa shape index (κ3) is 7.35. The number of nitrogens with one attached hydrogen (secondary N) is 1. The zero-order valence-electron chi connectivity index (χ0n) is 7.56. The maximum Gasteiger partial charge on any atom is 0.0622 e. The normalized spacial score (nSPS) is 12.5. The van der Waals surface area contributed by atoms with E-state index < -0.39 is 0 Å². The van der Waals surface area contributed by atoms with E-state index in [-0.39, 0.29) is 0 Å². The largest absolute Gasteiger partial charge is 0.316 e. The molecule has 0 rings (SSSR count). The second-order valence-electron chi connectivity index (χ2n) is 2.98. The summed E-state index contributed by atoms with van der Waals surface area (Å²) in [5.41, 5.74) is 0. The van der Waals surface area contributed by atoms with Gasteiger partial charge in [-0.1, -0.05) is 20.3 Å². The van der Waals surface area contributed by atoms with E-state index in [1.54, 1.807) is 0 Å². The van der Waals surface area contributed by atoms with E-state index in [4.69, 9.17) is 5.26 Å². The highest BCUT2D eigenvalue weighted by molar-refractivity contribution is 4.69. The first-order chi connectivity index (χ1) is 5.31. The van der Waals surface area contributed by atoms with E-state index in [1.807, 2.05) is 0 Å². The molecule has 0 spiro atoms. The molecule has 1 unspecified atom stereocenters. The fraction of sp³-hybridized carbons (Fsp3) is 0.889. The molecule has 0 radical (unpaired) electrons. The van der Waals surface area contributed by atoms with Crippen molar-refractivity contribution in [3.05, 3.63) is 0 Å². The highest BCUT2D eigenvalue weighted by atomic mass is 14.8. The van der Waals surface area contributed by atoms with Gasteiger partial charge in [-0.25, -0.2) is 0 Å². The van der Waals surface area contributed by atoms with Gasteiger partial charge in [0, 0.05) is 6.42 Å². The van der Waals surface area contributed by atoms with Crippen molar-refractivity contribution in [2.75, 3.05) is 13.1 Å². The molecule has 0 aliphatic heterocycles. The predicted molar refractivity (Wildman–Crippen MR) is 47.2 cm³/mol. The van der Waals surface area contributed by atoms with Crippen molar-refractivity contribution in [1.29, 1.82) is 5.26 Å². The first-order valence-corrected chi connectivity index (χ1v) is 4.39. The number of nitrogens with zero attached hydrogens (tertiary/aromatic N) is 1. The molecule has 2 nitrogen and oxygen atoms in total. The van der Waals surface area contributed by atoms with Crippen LogP contribution in [-0.2, 0) is 0 Å². The Bertz CT molecular complexity index is 115. The number of hydrogen-bond donors (Lipinski definition) is 1. The third-order valence-corrected chi connectivity index (χ3v) is 1.83. The van der Waals surface area contributed by atoms with Gasteiger partial charge in [-0.2, -0.15) is 5.26 Å². The van der Waals surface area contributed by atoms with Crippen LogP contribution in [0.3, 0.4) is 0 Å². The molecule has 11 heavy (non-hydrogen) atoms. The molecule has 64 valence electrons. The first kappa shape index (κ1) is 10.4. The second-order valence-corrected chi connectivity index (χ2v) is 2.98. The molecule has 0 aliphatic carbocycles. The summed E-state index contributed by atoms with van der Waals surface area (Å²) in [6.07, 6.45) is 2.88. The monoisotopic (exact) mass is 154 g/mol. The summed E-state index contributed by atoms with van der Waals surface area (Å²) in [7, 11) is 0. The molecule has 0 fully saturated rings. The minimum absolute atomic E-state index is 0.674. The van der Waals surface area contributed by atoms with Crippen LogP contribution in [0.25, 0.3) is 0 Å². The number of nitriles is 1. The number of hydrogen-bond acceptors (Lipinski definition) is 2. The van der Waals surface area contributed by atoms with Crippen molar-refractivity contribution in [2.45, 2.75) is 33.1 Å². The van der Waals surface area contributed by atoms with Crippen LogP contribution >= 0.6 is 0 Å². The minimum atomic E-state index is 0.674. The number of unbranched alkanes of at least 4 members (excludes halogenated alkanes) is 1.